The SMILES string of the molecule is CC(C)CC(C)(C)C.CCC(O)CCO. The summed E-state index contributed by atoms with van der Waals surface area (Å²) in [7, 11) is 0. The van der Waals surface area contributed by atoms with Crippen molar-refractivity contribution in [2.45, 2.75) is 66.9 Å². The summed E-state index contributed by atoms with van der Waals surface area (Å²) in [5.41, 5.74) is 0.522. The monoisotopic (exact) mass is 218 g/mol. The Morgan fingerprint density at radius 2 is 1.60 bits per heavy atom. The molecule has 2 N–H and O–H groups in total. The van der Waals surface area contributed by atoms with E-state index in [2.05, 4.69) is 34.6 Å². The van der Waals surface area contributed by atoms with E-state index in [4.69, 9.17) is 10.2 Å². The minimum Gasteiger partial charge on any atom is -0.396 e. The zero-order valence-corrected chi connectivity index (χ0v) is 11.4. The van der Waals surface area contributed by atoms with Gasteiger partial charge in [-0.05, 0) is 30.6 Å². The third-order valence-electron chi connectivity index (χ3n) is 1.95. The molecule has 0 rings (SSSR count). The molecule has 2 nitrogen and oxygen atoms in total. The van der Waals surface area contributed by atoms with Crippen molar-refractivity contribution in [3.05, 3.63) is 0 Å². The molecule has 0 saturated heterocycles. The lowest BCUT2D eigenvalue weighted by Gasteiger charge is -2.19. The van der Waals surface area contributed by atoms with Crippen LogP contribution in [-0.2, 0) is 0 Å². The molecule has 0 radical (unpaired) electrons. The van der Waals surface area contributed by atoms with Crippen LogP contribution in [0.3, 0.4) is 0 Å². The van der Waals surface area contributed by atoms with E-state index in [1.54, 1.807) is 0 Å². The number of hydrogen-bond donors (Lipinski definition) is 2. The standard InChI is InChI=1S/C8H18.C5H12O2/c1-7(2)6-8(3,4)5;1-2-5(7)3-4-6/h7H,6H2,1-5H3;5-7H,2-4H2,1H3. The molecule has 0 bridgehead atoms. The van der Waals surface area contributed by atoms with Crippen molar-refractivity contribution in [3.63, 3.8) is 0 Å². The lowest BCUT2D eigenvalue weighted by molar-refractivity contribution is 0.129. The van der Waals surface area contributed by atoms with Crippen LogP contribution < -0.4 is 0 Å². The molecule has 0 aliphatic carbocycles. The maximum Gasteiger partial charge on any atom is 0.0559 e. The molecule has 0 saturated carbocycles. The second-order valence-corrected chi connectivity index (χ2v) is 5.73. The van der Waals surface area contributed by atoms with Crippen molar-refractivity contribution in [2.24, 2.45) is 11.3 Å². The van der Waals surface area contributed by atoms with E-state index in [1.807, 2.05) is 6.92 Å². The van der Waals surface area contributed by atoms with E-state index in [1.165, 1.54) is 6.42 Å². The molecule has 0 aliphatic rings. The summed E-state index contributed by atoms with van der Waals surface area (Å²) in [6, 6.07) is 0. The van der Waals surface area contributed by atoms with Gasteiger partial charge in [-0.15, -0.1) is 0 Å². The van der Waals surface area contributed by atoms with Crippen LogP contribution in [0.5, 0.6) is 0 Å². The summed E-state index contributed by atoms with van der Waals surface area (Å²) in [4.78, 5) is 0. The van der Waals surface area contributed by atoms with Crippen molar-refractivity contribution < 1.29 is 10.2 Å². The van der Waals surface area contributed by atoms with Crippen molar-refractivity contribution in [3.8, 4) is 0 Å². The fraction of sp³-hybridized carbons (Fsp3) is 1.00. The lowest BCUT2D eigenvalue weighted by Crippen LogP contribution is -2.08. The van der Waals surface area contributed by atoms with Crippen LogP contribution >= 0.6 is 0 Å². The average molecular weight is 218 g/mol. The first kappa shape index (κ1) is 17.3. The predicted molar refractivity (Wildman–Crippen MR) is 66.9 cm³/mol. The Labute approximate surface area is 95.7 Å². The van der Waals surface area contributed by atoms with Gasteiger partial charge in [-0.2, -0.15) is 0 Å². The van der Waals surface area contributed by atoms with Crippen LogP contribution in [0.1, 0.15) is 60.8 Å². The Bertz CT molecular complexity index is 125. The Hall–Kier alpha value is -0.0800. The molecule has 0 spiro atoms. The molecule has 0 aromatic heterocycles. The van der Waals surface area contributed by atoms with Gasteiger partial charge in [0, 0.05) is 6.61 Å². The van der Waals surface area contributed by atoms with Gasteiger partial charge < -0.3 is 10.2 Å². The van der Waals surface area contributed by atoms with Gasteiger partial charge in [-0.3, -0.25) is 0 Å². The quantitative estimate of drug-likeness (QED) is 0.760. The van der Waals surface area contributed by atoms with Gasteiger partial charge in [0.1, 0.15) is 0 Å². The van der Waals surface area contributed by atoms with Crippen LogP contribution in [0.2, 0.25) is 0 Å². The van der Waals surface area contributed by atoms with Crippen molar-refractivity contribution in [2.75, 3.05) is 6.61 Å². The summed E-state index contributed by atoms with van der Waals surface area (Å²) in [6.45, 7) is 13.4. The van der Waals surface area contributed by atoms with E-state index in [0.29, 0.717) is 11.8 Å². The first-order valence-corrected chi connectivity index (χ1v) is 6.01. The van der Waals surface area contributed by atoms with Crippen LogP contribution in [0.4, 0.5) is 0 Å². The van der Waals surface area contributed by atoms with Gasteiger partial charge in [-0.1, -0.05) is 41.5 Å². The normalized spacial score (nSPS) is 13.4. The highest BCUT2D eigenvalue weighted by Crippen LogP contribution is 2.23. The number of aliphatic hydroxyl groups is 2. The molecule has 0 aromatic rings. The van der Waals surface area contributed by atoms with Crippen LogP contribution in [0.25, 0.3) is 0 Å². The van der Waals surface area contributed by atoms with E-state index < -0.39 is 0 Å². The molecule has 0 aliphatic heterocycles. The molecule has 15 heavy (non-hydrogen) atoms. The van der Waals surface area contributed by atoms with E-state index >= 15 is 0 Å². The van der Waals surface area contributed by atoms with E-state index in [9.17, 15) is 0 Å². The number of hydrogen-bond acceptors (Lipinski definition) is 2. The maximum atomic E-state index is 8.70. The molecular weight excluding hydrogens is 188 g/mol. The second-order valence-electron chi connectivity index (χ2n) is 5.73. The molecule has 0 fully saturated rings. The van der Waals surface area contributed by atoms with Crippen molar-refractivity contribution in [1.29, 1.82) is 0 Å². The first-order valence-electron chi connectivity index (χ1n) is 6.01. The molecule has 94 valence electrons. The van der Waals surface area contributed by atoms with E-state index in [-0.39, 0.29) is 12.7 Å². The summed E-state index contributed by atoms with van der Waals surface area (Å²) >= 11 is 0. The largest absolute Gasteiger partial charge is 0.396 e. The van der Waals surface area contributed by atoms with Crippen LogP contribution in [0.15, 0.2) is 0 Å². The Morgan fingerprint density at radius 1 is 1.13 bits per heavy atom. The minimum absolute atomic E-state index is 0.0923. The fourth-order valence-corrected chi connectivity index (χ4v) is 1.58. The molecule has 0 amide bonds. The smallest absolute Gasteiger partial charge is 0.0559 e. The molecule has 2 heteroatoms. The van der Waals surface area contributed by atoms with Crippen LogP contribution in [0, 0.1) is 11.3 Å². The summed E-state index contributed by atoms with van der Waals surface area (Å²) in [5, 5.41) is 16.9. The fourth-order valence-electron chi connectivity index (χ4n) is 1.58. The molecule has 0 aromatic carbocycles. The Morgan fingerprint density at radius 3 is 1.67 bits per heavy atom. The predicted octanol–water partition coefficient (Wildman–Crippen LogP) is 3.22. The van der Waals surface area contributed by atoms with Crippen LogP contribution in [-0.4, -0.2) is 22.9 Å². The third-order valence-corrected chi connectivity index (χ3v) is 1.95. The second kappa shape index (κ2) is 9.17. The number of rotatable bonds is 4. The minimum atomic E-state index is -0.301. The number of aliphatic hydroxyl groups excluding tert-OH is 2. The van der Waals surface area contributed by atoms with Gasteiger partial charge >= 0.3 is 0 Å². The topological polar surface area (TPSA) is 40.5 Å². The van der Waals surface area contributed by atoms with Gasteiger partial charge in [-0.25, -0.2) is 0 Å². The van der Waals surface area contributed by atoms with E-state index in [0.717, 1.165) is 12.3 Å². The van der Waals surface area contributed by atoms with Gasteiger partial charge in [0.05, 0.1) is 6.10 Å². The van der Waals surface area contributed by atoms with Crippen molar-refractivity contribution in [1.82, 2.24) is 0 Å². The molecule has 1 unspecified atom stereocenters. The highest BCUT2D eigenvalue weighted by Gasteiger charge is 2.11. The zero-order chi connectivity index (χ0) is 12.5. The van der Waals surface area contributed by atoms with Crippen molar-refractivity contribution >= 4 is 0 Å². The maximum absolute atomic E-state index is 8.70. The molecule has 1 atom stereocenters. The highest BCUT2D eigenvalue weighted by atomic mass is 16.3. The summed E-state index contributed by atoms with van der Waals surface area (Å²) in [6.07, 6.45) is 2.27. The van der Waals surface area contributed by atoms with Gasteiger partial charge in [0.15, 0.2) is 0 Å². The average Bonchev–Trinajstić information content (AvgIpc) is 2.01. The molecular formula is C13H30O2. The first-order chi connectivity index (χ1) is 6.72. The zero-order valence-electron chi connectivity index (χ0n) is 11.4. The Kier molecular flexibility index (Phi) is 10.6. The summed E-state index contributed by atoms with van der Waals surface area (Å²) in [5.74, 6) is 0.843. The van der Waals surface area contributed by atoms with Gasteiger partial charge in [0.2, 0.25) is 0 Å². The van der Waals surface area contributed by atoms with Gasteiger partial charge in [0.25, 0.3) is 0 Å². The Balaban J connectivity index is 0. The third kappa shape index (κ3) is 20.1. The lowest BCUT2D eigenvalue weighted by atomic mass is 9.86. The summed E-state index contributed by atoms with van der Waals surface area (Å²) < 4.78 is 0. The highest BCUT2D eigenvalue weighted by molar-refractivity contribution is 4.62. The molecule has 0 heterocycles.